The van der Waals surface area contributed by atoms with Gasteiger partial charge in [0.25, 0.3) is 0 Å². The Morgan fingerprint density at radius 3 is 2.33 bits per heavy atom. The zero-order valence-corrected chi connectivity index (χ0v) is 13.4. The summed E-state index contributed by atoms with van der Waals surface area (Å²) in [7, 11) is 0. The van der Waals surface area contributed by atoms with Gasteiger partial charge in [-0.3, -0.25) is 4.79 Å². The minimum Gasteiger partial charge on any atom is -0.462 e. The quantitative estimate of drug-likeness (QED) is 0.588. The second-order valence-electron chi connectivity index (χ2n) is 5.73. The summed E-state index contributed by atoms with van der Waals surface area (Å²) in [5.74, 6) is -0.0308. The predicted molar refractivity (Wildman–Crippen MR) is 81.6 cm³/mol. The number of carbonyl (C=O) groups is 2. The fraction of sp³-hybridized carbons (Fsp3) is 0.529. The van der Waals surface area contributed by atoms with E-state index in [0.29, 0.717) is 12.2 Å². The van der Waals surface area contributed by atoms with E-state index >= 15 is 0 Å². The minimum absolute atomic E-state index is 0.254. The highest BCUT2D eigenvalue weighted by Crippen LogP contribution is 2.25. The van der Waals surface area contributed by atoms with E-state index in [-0.39, 0.29) is 30.0 Å². The summed E-state index contributed by atoms with van der Waals surface area (Å²) < 4.78 is 10.5. The first kappa shape index (κ1) is 17.2. The molecule has 0 aliphatic heterocycles. The molecule has 21 heavy (non-hydrogen) atoms. The molecule has 0 atom stereocenters. The summed E-state index contributed by atoms with van der Waals surface area (Å²) in [6, 6.07) is 5.27. The highest BCUT2D eigenvalue weighted by Gasteiger charge is 2.18. The molecule has 0 amide bonds. The van der Waals surface area contributed by atoms with Gasteiger partial charge in [-0.1, -0.05) is 40.7 Å². The summed E-state index contributed by atoms with van der Waals surface area (Å²) in [4.78, 5) is 23.7. The molecule has 0 aromatic heterocycles. The van der Waals surface area contributed by atoms with Crippen LogP contribution in [0, 0.1) is 5.92 Å². The third-order valence-corrected chi connectivity index (χ3v) is 2.95. The highest BCUT2D eigenvalue weighted by molar-refractivity contribution is 5.93. The van der Waals surface area contributed by atoms with Crippen LogP contribution in [0.25, 0.3) is 0 Å². The third-order valence-electron chi connectivity index (χ3n) is 2.95. The molecule has 0 N–H and O–H groups in total. The van der Waals surface area contributed by atoms with Crippen molar-refractivity contribution in [3.8, 4) is 5.75 Å². The molecular formula is C17H24O4. The van der Waals surface area contributed by atoms with Gasteiger partial charge in [-0.25, -0.2) is 4.79 Å². The van der Waals surface area contributed by atoms with Crippen LogP contribution in [0.1, 0.15) is 62.9 Å². The summed E-state index contributed by atoms with van der Waals surface area (Å²) in [6.07, 6.45) is 0.256. The minimum atomic E-state index is -0.454. The third kappa shape index (κ3) is 5.21. The molecule has 0 saturated heterocycles. The van der Waals surface area contributed by atoms with Gasteiger partial charge in [-0.15, -0.1) is 0 Å². The lowest BCUT2D eigenvalue weighted by molar-refractivity contribution is -0.134. The maximum absolute atomic E-state index is 12.2. The molecule has 0 aliphatic rings. The maximum Gasteiger partial charge on any atom is 0.341 e. The Morgan fingerprint density at radius 2 is 1.81 bits per heavy atom. The Kier molecular flexibility index (Phi) is 6.40. The summed E-state index contributed by atoms with van der Waals surface area (Å²) in [6.45, 7) is 10.1. The molecule has 1 aromatic rings. The summed E-state index contributed by atoms with van der Waals surface area (Å²) in [5.41, 5.74) is 1.31. The van der Waals surface area contributed by atoms with E-state index in [1.807, 2.05) is 33.8 Å². The molecule has 1 aromatic carbocycles. The highest BCUT2D eigenvalue weighted by atomic mass is 16.5. The normalized spacial score (nSPS) is 10.8. The SMILES string of the molecule is CCC(=O)Oc1ccc(C(C)C)cc1C(=O)OCC(C)C. The standard InChI is InChI=1S/C17H24O4/c1-6-16(18)21-15-8-7-13(12(4)5)9-14(15)17(19)20-10-11(2)3/h7-9,11-12H,6,10H2,1-5H3. The van der Waals surface area contributed by atoms with Crippen LogP contribution in [0.15, 0.2) is 18.2 Å². The number of hydrogen-bond acceptors (Lipinski definition) is 4. The van der Waals surface area contributed by atoms with Crippen molar-refractivity contribution >= 4 is 11.9 Å². The van der Waals surface area contributed by atoms with Gasteiger partial charge in [0.1, 0.15) is 11.3 Å². The fourth-order valence-corrected chi connectivity index (χ4v) is 1.67. The summed E-state index contributed by atoms with van der Waals surface area (Å²) >= 11 is 0. The number of carbonyl (C=O) groups excluding carboxylic acids is 2. The van der Waals surface area contributed by atoms with Crippen LogP contribution in [0.5, 0.6) is 5.75 Å². The first-order chi connectivity index (χ1) is 9.85. The Balaban J connectivity index is 3.07. The van der Waals surface area contributed by atoms with E-state index in [4.69, 9.17) is 9.47 Å². The second-order valence-corrected chi connectivity index (χ2v) is 5.73. The van der Waals surface area contributed by atoms with E-state index in [9.17, 15) is 9.59 Å². The monoisotopic (exact) mass is 292 g/mol. The molecule has 0 bridgehead atoms. The van der Waals surface area contributed by atoms with Crippen molar-refractivity contribution in [1.82, 2.24) is 0 Å². The average molecular weight is 292 g/mol. The second kappa shape index (κ2) is 7.81. The van der Waals surface area contributed by atoms with Crippen LogP contribution < -0.4 is 4.74 Å². The van der Waals surface area contributed by atoms with E-state index < -0.39 is 5.97 Å². The van der Waals surface area contributed by atoms with E-state index in [1.165, 1.54) is 0 Å². The average Bonchev–Trinajstić information content (AvgIpc) is 2.44. The topological polar surface area (TPSA) is 52.6 Å². The van der Waals surface area contributed by atoms with Crippen LogP contribution in [-0.2, 0) is 9.53 Å². The van der Waals surface area contributed by atoms with Gasteiger partial charge in [-0.05, 0) is 29.5 Å². The number of hydrogen-bond donors (Lipinski definition) is 0. The lowest BCUT2D eigenvalue weighted by Crippen LogP contribution is -2.14. The van der Waals surface area contributed by atoms with Crippen molar-refractivity contribution in [2.75, 3.05) is 6.61 Å². The van der Waals surface area contributed by atoms with Crippen molar-refractivity contribution in [3.63, 3.8) is 0 Å². The van der Waals surface area contributed by atoms with Crippen molar-refractivity contribution in [1.29, 1.82) is 0 Å². The van der Waals surface area contributed by atoms with Crippen LogP contribution in [-0.4, -0.2) is 18.5 Å². The zero-order valence-electron chi connectivity index (χ0n) is 13.4. The zero-order chi connectivity index (χ0) is 16.0. The molecule has 0 saturated carbocycles. The molecule has 0 heterocycles. The van der Waals surface area contributed by atoms with E-state index in [1.54, 1.807) is 19.1 Å². The van der Waals surface area contributed by atoms with Gasteiger partial charge in [0.2, 0.25) is 0 Å². The molecule has 0 radical (unpaired) electrons. The van der Waals surface area contributed by atoms with Crippen molar-refractivity contribution in [2.45, 2.75) is 47.0 Å². The van der Waals surface area contributed by atoms with Gasteiger partial charge in [0.05, 0.1) is 6.61 Å². The lowest BCUT2D eigenvalue weighted by Gasteiger charge is -2.14. The maximum atomic E-state index is 12.2. The van der Waals surface area contributed by atoms with Gasteiger partial charge < -0.3 is 9.47 Å². The first-order valence-electron chi connectivity index (χ1n) is 7.36. The molecule has 4 nitrogen and oxygen atoms in total. The van der Waals surface area contributed by atoms with Crippen LogP contribution in [0.4, 0.5) is 0 Å². The Hall–Kier alpha value is -1.84. The number of ether oxygens (including phenoxy) is 2. The van der Waals surface area contributed by atoms with Crippen molar-refractivity contribution in [3.05, 3.63) is 29.3 Å². The molecule has 4 heteroatoms. The predicted octanol–water partition coefficient (Wildman–Crippen LogP) is 3.94. The first-order valence-corrected chi connectivity index (χ1v) is 7.36. The van der Waals surface area contributed by atoms with Crippen molar-refractivity contribution < 1.29 is 19.1 Å². The number of rotatable bonds is 6. The fourth-order valence-electron chi connectivity index (χ4n) is 1.67. The number of esters is 2. The Labute approximate surface area is 126 Å². The molecule has 0 unspecified atom stereocenters. The largest absolute Gasteiger partial charge is 0.462 e. The van der Waals surface area contributed by atoms with Crippen LogP contribution >= 0.6 is 0 Å². The van der Waals surface area contributed by atoms with Gasteiger partial charge in [-0.2, -0.15) is 0 Å². The molecule has 0 aliphatic carbocycles. The van der Waals surface area contributed by atoms with Crippen LogP contribution in [0.3, 0.4) is 0 Å². The molecule has 0 spiro atoms. The molecule has 0 fully saturated rings. The Morgan fingerprint density at radius 1 is 1.14 bits per heavy atom. The summed E-state index contributed by atoms with van der Waals surface area (Å²) in [5, 5.41) is 0. The van der Waals surface area contributed by atoms with Gasteiger partial charge in [0.15, 0.2) is 0 Å². The molecular weight excluding hydrogens is 268 g/mol. The van der Waals surface area contributed by atoms with E-state index in [0.717, 1.165) is 5.56 Å². The van der Waals surface area contributed by atoms with E-state index in [2.05, 4.69) is 0 Å². The van der Waals surface area contributed by atoms with Crippen molar-refractivity contribution in [2.24, 2.45) is 5.92 Å². The molecule has 116 valence electrons. The van der Waals surface area contributed by atoms with Gasteiger partial charge in [0, 0.05) is 6.42 Å². The number of benzene rings is 1. The lowest BCUT2D eigenvalue weighted by atomic mass is 10.0. The Bertz CT molecular complexity index is 504. The van der Waals surface area contributed by atoms with Crippen LogP contribution in [0.2, 0.25) is 0 Å². The van der Waals surface area contributed by atoms with Gasteiger partial charge >= 0.3 is 11.9 Å². The molecule has 1 rings (SSSR count). The smallest absolute Gasteiger partial charge is 0.341 e.